The normalized spacial score (nSPS) is 31.5. The molecule has 1 amide bonds. The van der Waals surface area contributed by atoms with Gasteiger partial charge in [0.05, 0.1) is 12.2 Å². The van der Waals surface area contributed by atoms with E-state index in [4.69, 9.17) is 15.6 Å². The van der Waals surface area contributed by atoms with Crippen LogP contribution in [0.4, 0.5) is 0 Å². The molecule has 1 unspecified atom stereocenters. The highest BCUT2D eigenvalue weighted by Gasteiger charge is 2.43. The molecule has 1 aliphatic heterocycles. The predicted octanol–water partition coefficient (Wildman–Crippen LogP) is -1.67. The van der Waals surface area contributed by atoms with Crippen molar-refractivity contribution in [2.24, 2.45) is 5.73 Å². The van der Waals surface area contributed by atoms with Gasteiger partial charge in [-0.3, -0.25) is 9.78 Å². The van der Waals surface area contributed by atoms with Crippen molar-refractivity contribution in [2.45, 2.75) is 24.4 Å². The van der Waals surface area contributed by atoms with Crippen LogP contribution in [0.15, 0.2) is 18.5 Å². The third kappa shape index (κ3) is 2.21. The second kappa shape index (κ2) is 4.99. The first-order valence-electron chi connectivity index (χ1n) is 5.41. The number of ether oxygens (including phenoxy) is 1. The van der Waals surface area contributed by atoms with Gasteiger partial charge in [0, 0.05) is 18.0 Å². The Kier molecular flexibility index (Phi) is 3.58. The number of amides is 1. The topological polar surface area (TPSA) is 126 Å². The van der Waals surface area contributed by atoms with Crippen molar-refractivity contribution in [3.63, 3.8) is 0 Å². The highest BCUT2D eigenvalue weighted by molar-refractivity contribution is 5.92. The van der Waals surface area contributed by atoms with Crippen molar-refractivity contribution < 1.29 is 24.9 Å². The fourth-order valence-corrected chi connectivity index (χ4v) is 1.92. The molecule has 1 aromatic heterocycles. The molecule has 2 heterocycles. The Balaban J connectivity index is 2.27. The third-order valence-electron chi connectivity index (χ3n) is 2.91. The first-order chi connectivity index (χ1) is 8.54. The van der Waals surface area contributed by atoms with Gasteiger partial charge in [0.2, 0.25) is 5.91 Å². The van der Waals surface area contributed by atoms with E-state index in [-0.39, 0.29) is 5.56 Å². The second-order valence-electron chi connectivity index (χ2n) is 4.13. The van der Waals surface area contributed by atoms with Gasteiger partial charge in [0.25, 0.3) is 0 Å². The lowest BCUT2D eigenvalue weighted by Gasteiger charge is -2.14. The van der Waals surface area contributed by atoms with E-state index in [9.17, 15) is 15.0 Å². The zero-order valence-corrected chi connectivity index (χ0v) is 9.43. The maximum Gasteiger partial charge on any atom is 0.250 e. The number of hydrogen-bond acceptors (Lipinski definition) is 6. The summed E-state index contributed by atoms with van der Waals surface area (Å²) in [6, 6.07) is 1.44. The van der Waals surface area contributed by atoms with E-state index in [0.717, 1.165) is 0 Å². The van der Waals surface area contributed by atoms with Crippen molar-refractivity contribution in [1.82, 2.24) is 4.98 Å². The number of aliphatic hydroxyl groups excluding tert-OH is 3. The molecular weight excluding hydrogens is 240 g/mol. The summed E-state index contributed by atoms with van der Waals surface area (Å²) in [4.78, 5) is 14.8. The summed E-state index contributed by atoms with van der Waals surface area (Å²) in [5, 5.41) is 28.4. The van der Waals surface area contributed by atoms with Crippen LogP contribution in [0.5, 0.6) is 0 Å². The lowest BCUT2D eigenvalue weighted by Crippen LogP contribution is -2.32. The van der Waals surface area contributed by atoms with Crippen molar-refractivity contribution in [3.8, 4) is 0 Å². The molecule has 0 aliphatic carbocycles. The molecule has 5 N–H and O–H groups in total. The molecule has 1 fully saturated rings. The SMILES string of the molecule is NC(=O)c1cncc([C@@H]2O[C@H](CO)C(O)[C@@H]2O)c1. The fraction of sp³-hybridized carbons (Fsp3) is 0.455. The van der Waals surface area contributed by atoms with Crippen LogP contribution >= 0.6 is 0 Å². The number of pyridine rings is 1. The van der Waals surface area contributed by atoms with Gasteiger partial charge in [-0.25, -0.2) is 0 Å². The van der Waals surface area contributed by atoms with Crippen molar-refractivity contribution in [3.05, 3.63) is 29.6 Å². The van der Waals surface area contributed by atoms with Gasteiger partial charge in [0.1, 0.15) is 24.4 Å². The van der Waals surface area contributed by atoms with Crippen LogP contribution in [-0.4, -0.2) is 51.1 Å². The maximum absolute atomic E-state index is 11.0. The molecule has 18 heavy (non-hydrogen) atoms. The summed E-state index contributed by atoms with van der Waals surface area (Å²) in [6.07, 6.45) is -1.37. The predicted molar refractivity (Wildman–Crippen MR) is 59.5 cm³/mol. The highest BCUT2D eigenvalue weighted by atomic mass is 16.6. The molecule has 0 spiro atoms. The van der Waals surface area contributed by atoms with Crippen LogP contribution in [0.1, 0.15) is 22.0 Å². The number of aromatic nitrogens is 1. The van der Waals surface area contributed by atoms with Gasteiger partial charge in [-0.2, -0.15) is 0 Å². The van der Waals surface area contributed by atoms with E-state index in [0.29, 0.717) is 5.56 Å². The van der Waals surface area contributed by atoms with E-state index in [1.165, 1.54) is 18.5 Å². The zero-order valence-electron chi connectivity index (χ0n) is 9.43. The van der Waals surface area contributed by atoms with Gasteiger partial charge in [0.15, 0.2) is 0 Å². The summed E-state index contributed by atoms with van der Waals surface area (Å²) in [5.74, 6) is -0.643. The molecule has 98 valence electrons. The van der Waals surface area contributed by atoms with E-state index in [2.05, 4.69) is 4.98 Å². The van der Waals surface area contributed by atoms with Crippen LogP contribution in [0, 0.1) is 0 Å². The average molecular weight is 254 g/mol. The third-order valence-corrected chi connectivity index (χ3v) is 2.91. The molecule has 0 aromatic carbocycles. The van der Waals surface area contributed by atoms with Crippen molar-refractivity contribution in [2.75, 3.05) is 6.61 Å². The maximum atomic E-state index is 11.0. The Morgan fingerprint density at radius 2 is 2.11 bits per heavy atom. The summed E-state index contributed by atoms with van der Waals surface area (Å²) >= 11 is 0. The lowest BCUT2D eigenvalue weighted by atomic mass is 10.0. The van der Waals surface area contributed by atoms with Crippen LogP contribution in [-0.2, 0) is 4.74 Å². The Morgan fingerprint density at radius 1 is 1.39 bits per heavy atom. The van der Waals surface area contributed by atoms with Crippen LogP contribution < -0.4 is 5.73 Å². The van der Waals surface area contributed by atoms with Gasteiger partial charge < -0.3 is 25.8 Å². The minimum atomic E-state index is -1.19. The molecule has 1 saturated heterocycles. The largest absolute Gasteiger partial charge is 0.394 e. The monoisotopic (exact) mass is 254 g/mol. The summed E-state index contributed by atoms with van der Waals surface area (Å²) in [6.45, 7) is -0.405. The number of nitrogens with two attached hydrogens (primary N) is 1. The molecule has 1 aliphatic rings. The molecule has 7 nitrogen and oxygen atoms in total. The number of primary amides is 1. The van der Waals surface area contributed by atoms with Gasteiger partial charge >= 0.3 is 0 Å². The number of carbonyl (C=O) groups is 1. The molecule has 0 saturated carbocycles. The van der Waals surface area contributed by atoms with Gasteiger partial charge in [-0.15, -0.1) is 0 Å². The van der Waals surface area contributed by atoms with Crippen LogP contribution in [0.2, 0.25) is 0 Å². The summed E-state index contributed by atoms with van der Waals surface area (Å²) in [7, 11) is 0. The standard InChI is InChI=1S/C11H14N2O5/c12-11(17)6-1-5(2-13-3-6)10-9(16)8(15)7(4-14)18-10/h1-3,7-10,14-16H,4H2,(H2,12,17)/t7-,8?,9+,10+/m1/s1. The number of carbonyl (C=O) groups excluding carboxylic acids is 1. The molecule has 7 heteroatoms. The second-order valence-corrected chi connectivity index (χ2v) is 4.13. The molecule has 2 rings (SSSR count). The molecule has 0 bridgehead atoms. The quantitative estimate of drug-likeness (QED) is 0.511. The Hall–Kier alpha value is -1.54. The number of rotatable bonds is 3. The first-order valence-corrected chi connectivity index (χ1v) is 5.41. The van der Waals surface area contributed by atoms with E-state index in [1.807, 2.05) is 0 Å². The number of hydrogen-bond donors (Lipinski definition) is 4. The van der Waals surface area contributed by atoms with Gasteiger partial charge in [-0.1, -0.05) is 0 Å². The summed E-state index contributed by atoms with van der Waals surface area (Å²) < 4.78 is 5.31. The lowest BCUT2D eigenvalue weighted by molar-refractivity contribution is -0.0228. The molecule has 0 radical (unpaired) electrons. The molecule has 4 atom stereocenters. The van der Waals surface area contributed by atoms with Gasteiger partial charge in [-0.05, 0) is 6.07 Å². The fourth-order valence-electron chi connectivity index (χ4n) is 1.92. The minimum absolute atomic E-state index is 0.185. The van der Waals surface area contributed by atoms with Crippen molar-refractivity contribution in [1.29, 1.82) is 0 Å². The first kappa shape index (κ1) is 12.9. The molecular formula is C11H14N2O5. The Bertz CT molecular complexity index is 453. The van der Waals surface area contributed by atoms with Crippen LogP contribution in [0.3, 0.4) is 0 Å². The Morgan fingerprint density at radius 3 is 2.67 bits per heavy atom. The average Bonchev–Trinajstić information content (AvgIpc) is 2.66. The smallest absolute Gasteiger partial charge is 0.250 e. The van der Waals surface area contributed by atoms with E-state index in [1.54, 1.807) is 0 Å². The van der Waals surface area contributed by atoms with Crippen molar-refractivity contribution >= 4 is 5.91 Å². The van der Waals surface area contributed by atoms with E-state index >= 15 is 0 Å². The highest BCUT2D eigenvalue weighted by Crippen LogP contribution is 2.33. The zero-order chi connectivity index (χ0) is 13.3. The number of aliphatic hydroxyl groups is 3. The summed E-state index contributed by atoms with van der Waals surface area (Å²) in [5.41, 5.74) is 5.74. The Labute approximate surface area is 103 Å². The van der Waals surface area contributed by atoms with E-state index < -0.39 is 36.9 Å². The minimum Gasteiger partial charge on any atom is -0.394 e. The van der Waals surface area contributed by atoms with Crippen LogP contribution in [0.25, 0.3) is 0 Å². The number of nitrogens with zero attached hydrogens (tertiary/aromatic N) is 1. The molecule has 1 aromatic rings.